The lowest BCUT2D eigenvalue weighted by Gasteiger charge is -2.12. The Bertz CT molecular complexity index is 1290. The summed E-state index contributed by atoms with van der Waals surface area (Å²) in [5, 5.41) is 0. The highest BCUT2D eigenvalue weighted by Crippen LogP contribution is 2.40. The van der Waals surface area contributed by atoms with Crippen LogP contribution in [0.15, 0.2) is 60.4 Å². The molecule has 34 heavy (non-hydrogen) atoms. The van der Waals surface area contributed by atoms with E-state index in [4.69, 9.17) is 23.7 Å². The van der Waals surface area contributed by atoms with Crippen LogP contribution in [-0.4, -0.2) is 32.6 Å². The molecule has 0 atom stereocenters. The predicted octanol–water partition coefficient (Wildman–Crippen LogP) is 5.25. The van der Waals surface area contributed by atoms with E-state index in [9.17, 15) is 9.59 Å². The Morgan fingerprint density at radius 1 is 0.941 bits per heavy atom. The molecule has 0 unspecified atom stereocenters. The topological polar surface area (TPSA) is 80.3 Å². The summed E-state index contributed by atoms with van der Waals surface area (Å²) in [5.41, 5.74) is 1.98. The maximum atomic E-state index is 12.9. The van der Waals surface area contributed by atoms with Crippen LogP contribution < -0.4 is 23.7 Å². The molecular formula is C27H24O7. The van der Waals surface area contributed by atoms with Crippen LogP contribution in [0, 0.1) is 6.92 Å². The van der Waals surface area contributed by atoms with Crippen molar-refractivity contribution in [2.24, 2.45) is 0 Å². The van der Waals surface area contributed by atoms with Crippen LogP contribution in [0.5, 0.6) is 28.7 Å². The van der Waals surface area contributed by atoms with Gasteiger partial charge in [0.05, 0.1) is 32.0 Å². The van der Waals surface area contributed by atoms with Gasteiger partial charge >= 0.3 is 5.97 Å². The molecule has 0 amide bonds. The third-order valence-electron chi connectivity index (χ3n) is 5.36. The molecule has 0 bridgehead atoms. The number of esters is 1. The molecule has 7 heteroatoms. The van der Waals surface area contributed by atoms with Gasteiger partial charge in [0.1, 0.15) is 17.2 Å². The third-order valence-corrected chi connectivity index (χ3v) is 5.36. The first-order chi connectivity index (χ1) is 16.5. The van der Waals surface area contributed by atoms with E-state index in [0.29, 0.717) is 52.0 Å². The number of hydrogen-bond donors (Lipinski definition) is 0. The lowest BCUT2D eigenvalue weighted by atomic mass is 10.1. The number of hydrogen-bond acceptors (Lipinski definition) is 7. The molecular weight excluding hydrogens is 436 g/mol. The summed E-state index contributed by atoms with van der Waals surface area (Å²) >= 11 is 0. The summed E-state index contributed by atoms with van der Waals surface area (Å²) in [6.07, 6.45) is 1.65. The van der Waals surface area contributed by atoms with Crippen LogP contribution in [0.2, 0.25) is 0 Å². The SMILES string of the molecule is CCOc1ccccc1/C=C1\Oc2c(ccc(OC(=O)c3ccc(OC)c(OC)c3)c2C)C1=O. The van der Waals surface area contributed by atoms with Gasteiger partial charge in [-0.15, -0.1) is 0 Å². The molecule has 0 saturated heterocycles. The zero-order valence-electron chi connectivity index (χ0n) is 19.3. The van der Waals surface area contributed by atoms with E-state index in [-0.39, 0.29) is 11.5 Å². The van der Waals surface area contributed by atoms with Crippen LogP contribution >= 0.6 is 0 Å². The number of fused-ring (bicyclic) bond motifs is 1. The number of carbonyl (C=O) groups excluding carboxylic acids is 2. The van der Waals surface area contributed by atoms with Gasteiger partial charge in [-0.05, 0) is 56.3 Å². The number of Topliss-reactive ketones (excluding diaryl/α,β-unsaturated/α-hetero) is 1. The maximum Gasteiger partial charge on any atom is 0.343 e. The van der Waals surface area contributed by atoms with E-state index in [1.807, 2.05) is 31.2 Å². The lowest BCUT2D eigenvalue weighted by molar-refractivity contribution is 0.0732. The Hall–Kier alpha value is -4.26. The molecule has 7 nitrogen and oxygen atoms in total. The zero-order chi connectivity index (χ0) is 24.2. The Kier molecular flexibility index (Phi) is 6.54. The third kappa shape index (κ3) is 4.32. The summed E-state index contributed by atoms with van der Waals surface area (Å²) in [7, 11) is 3.01. The fourth-order valence-electron chi connectivity index (χ4n) is 3.63. The minimum absolute atomic E-state index is 0.175. The van der Waals surface area contributed by atoms with Crippen molar-refractivity contribution in [2.45, 2.75) is 13.8 Å². The Labute approximate surface area is 197 Å². The predicted molar refractivity (Wildman–Crippen MR) is 126 cm³/mol. The molecule has 1 heterocycles. The lowest BCUT2D eigenvalue weighted by Crippen LogP contribution is -2.10. The zero-order valence-corrected chi connectivity index (χ0v) is 19.3. The van der Waals surface area contributed by atoms with Gasteiger partial charge in [-0.1, -0.05) is 18.2 Å². The van der Waals surface area contributed by atoms with Crippen LogP contribution in [0.3, 0.4) is 0 Å². The van der Waals surface area contributed by atoms with E-state index in [2.05, 4.69) is 0 Å². The van der Waals surface area contributed by atoms with E-state index in [0.717, 1.165) is 5.56 Å². The number of ether oxygens (including phenoxy) is 5. The Morgan fingerprint density at radius 2 is 1.68 bits per heavy atom. The Morgan fingerprint density at radius 3 is 2.41 bits per heavy atom. The van der Waals surface area contributed by atoms with Crippen molar-refractivity contribution in [2.75, 3.05) is 20.8 Å². The van der Waals surface area contributed by atoms with E-state index in [1.54, 1.807) is 43.3 Å². The molecule has 174 valence electrons. The second-order valence-corrected chi connectivity index (χ2v) is 7.44. The van der Waals surface area contributed by atoms with E-state index < -0.39 is 5.97 Å². The van der Waals surface area contributed by atoms with Gasteiger partial charge < -0.3 is 23.7 Å². The summed E-state index contributed by atoms with van der Waals surface area (Å²) in [5.74, 6) is 1.59. The van der Waals surface area contributed by atoms with Crippen molar-refractivity contribution in [1.82, 2.24) is 0 Å². The molecule has 0 N–H and O–H groups in total. The minimum Gasteiger partial charge on any atom is -0.493 e. The van der Waals surface area contributed by atoms with Crippen molar-refractivity contribution in [3.8, 4) is 28.7 Å². The summed E-state index contributed by atoms with van der Waals surface area (Å²) < 4.78 is 27.6. The number of methoxy groups -OCH3 is 2. The van der Waals surface area contributed by atoms with Gasteiger partial charge in [0, 0.05) is 11.1 Å². The largest absolute Gasteiger partial charge is 0.493 e. The molecule has 3 aromatic carbocycles. The standard InChI is InChI=1S/C27H24O7/c1-5-32-21-9-7-6-8-17(21)14-24-25(28)19-11-13-20(16(2)26(19)33-24)34-27(29)18-10-12-22(30-3)23(15-18)31-4/h6-15H,5H2,1-4H3/b24-14-. The molecule has 0 aromatic heterocycles. The highest BCUT2D eigenvalue weighted by molar-refractivity contribution is 6.15. The average molecular weight is 460 g/mol. The van der Waals surface area contributed by atoms with Crippen molar-refractivity contribution >= 4 is 17.8 Å². The highest BCUT2D eigenvalue weighted by Gasteiger charge is 2.31. The molecule has 1 aliphatic rings. The van der Waals surface area contributed by atoms with Gasteiger partial charge in [-0.2, -0.15) is 0 Å². The monoisotopic (exact) mass is 460 g/mol. The second kappa shape index (κ2) is 9.70. The average Bonchev–Trinajstić information content (AvgIpc) is 3.17. The number of ketones is 1. The number of para-hydroxylation sites is 1. The second-order valence-electron chi connectivity index (χ2n) is 7.44. The summed E-state index contributed by atoms with van der Waals surface area (Å²) in [6.45, 7) is 4.13. The highest BCUT2D eigenvalue weighted by atomic mass is 16.5. The van der Waals surface area contributed by atoms with Crippen LogP contribution in [0.25, 0.3) is 6.08 Å². The quantitative estimate of drug-likeness (QED) is 0.271. The fourth-order valence-corrected chi connectivity index (χ4v) is 3.63. The molecule has 0 spiro atoms. The summed E-state index contributed by atoms with van der Waals surface area (Å²) in [6, 6.07) is 15.3. The van der Waals surface area contributed by atoms with Gasteiger partial charge in [0.15, 0.2) is 17.3 Å². The first-order valence-corrected chi connectivity index (χ1v) is 10.7. The minimum atomic E-state index is -0.574. The Balaban J connectivity index is 1.60. The van der Waals surface area contributed by atoms with Crippen LogP contribution in [0.4, 0.5) is 0 Å². The first-order valence-electron chi connectivity index (χ1n) is 10.7. The van der Waals surface area contributed by atoms with Crippen LogP contribution in [-0.2, 0) is 0 Å². The number of benzene rings is 3. The molecule has 4 rings (SSSR count). The van der Waals surface area contributed by atoms with Gasteiger partial charge in [0.2, 0.25) is 5.78 Å². The van der Waals surface area contributed by atoms with Crippen molar-refractivity contribution < 1.29 is 33.3 Å². The van der Waals surface area contributed by atoms with Crippen molar-refractivity contribution in [3.63, 3.8) is 0 Å². The molecule has 0 saturated carbocycles. The first kappa shape index (κ1) is 22.9. The van der Waals surface area contributed by atoms with Crippen molar-refractivity contribution in [3.05, 3.63) is 82.6 Å². The number of carbonyl (C=O) groups is 2. The molecule has 1 aliphatic heterocycles. The van der Waals surface area contributed by atoms with Gasteiger partial charge in [-0.25, -0.2) is 4.79 Å². The van der Waals surface area contributed by atoms with Gasteiger partial charge in [-0.3, -0.25) is 4.79 Å². The summed E-state index contributed by atoms with van der Waals surface area (Å²) in [4.78, 5) is 25.7. The molecule has 0 aliphatic carbocycles. The normalized spacial score (nSPS) is 13.3. The van der Waals surface area contributed by atoms with Gasteiger partial charge in [0.25, 0.3) is 0 Å². The van der Waals surface area contributed by atoms with Crippen LogP contribution in [0.1, 0.15) is 38.8 Å². The van der Waals surface area contributed by atoms with E-state index >= 15 is 0 Å². The fraction of sp³-hybridized carbons (Fsp3) is 0.185. The maximum absolute atomic E-state index is 12.9. The van der Waals surface area contributed by atoms with E-state index in [1.165, 1.54) is 14.2 Å². The molecule has 3 aromatic rings. The molecule has 0 radical (unpaired) electrons. The number of rotatable bonds is 7. The molecule has 0 fully saturated rings. The number of allylic oxidation sites excluding steroid dienone is 1. The smallest absolute Gasteiger partial charge is 0.343 e. The van der Waals surface area contributed by atoms with Crippen molar-refractivity contribution in [1.29, 1.82) is 0 Å².